The van der Waals surface area contributed by atoms with Crippen LogP contribution in [0.3, 0.4) is 0 Å². The van der Waals surface area contributed by atoms with Crippen molar-refractivity contribution in [2.24, 2.45) is 0 Å². The number of hydrogen-bond donors (Lipinski definition) is 1. The van der Waals surface area contributed by atoms with Crippen molar-refractivity contribution in [1.82, 2.24) is 5.32 Å². The molecule has 1 aliphatic heterocycles. The van der Waals surface area contributed by atoms with Crippen molar-refractivity contribution in [2.75, 3.05) is 13.3 Å². The maximum Gasteiger partial charge on any atom is 0.231 e. The molecule has 0 saturated heterocycles. The van der Waals surface area contributed by atoms with Gasteiger partial charge < -0.3 is 14.8 Å². The van der Waals surface area contributed by atoms with E-state index in [1.807, 2.05) is 18.2 Å². The average molecular weight is 268 g/mol. The van der Waals surface area contributed by atoms with Crippen LogP contribution in [0, 0.1) is 0 Å². The van der Waals surface area contributed by atoms with Crippen LogP contribution in [0.5, 0.6) is 11.5 Å². The first kappa shape index (κ1) is 12.8. The Labute approximate surface area is 111 Å². The van der Waals surface area contributed by atoms with Crippen LogP contribution < -0.4 is 14.8 Å². The van der Waals surface area contributed by atoms with E-state index in [0.29, 0.717) is 24.4 Å². The minimum atomic E-state index is -0.0468. The summed E-state index contributed by atoms with van der Waals surface area (Å²) in [6.07, 6.45) is 1.06. The number of amides is 1. The number of carbonyl (C=O) groups is 1. The third-order valence-corrected chi connectivity index (χ3v) is 2.69. The van der Waals surface area contributed by atoms with Gasteiger partial charge in [0.05, 0.1) is 6.54 Å². The number of benzene rings is 1. The van der Waals surface area contributed by atoms with Gasteiger partial charge in [0.15, 0.2) is 11.5 Å². The molecule has 1 N–H and O–H groups in total. The molecule has 1 aliphatic rings. The Hall–Kier alpha value is -1.68. The standard InChI is InChI=1S/C13H14ClNO3/c1-9(14)7-15-13(16)5-3-10-2-4-11-12(6-10)18-8-17-11/h2,4,6H,1,3,5,7-8H2,(H,15,16). The Morgan fingerprint density at radius 1 is 1.39 bits per heavy atom. The topological polar surface area (TPSA) is 47.6 Å². The summed E-state index contributed by atoms with van der Waals surface area (Å²) in [7, 11) is 0. The summed E-state index contributed by atoms with van der Waals surface area (Å²) >= 11 is 5.56. The summed E-state index contributed by atoms with van der Waals surface area (Å²) in [5, 5.41) is 3.10. The van der Waals surface area contributed by atoms with Gasteiger partial charge in [-0.15, -0.1) is 0 Å². The van der Waals surface area contributed by atoms with Crippen LogP contribution >= 0.6 is 11.6 Å². The van der Waals surface area contributed by atoms with Gasteiger partial charge in [-0.05, 0) is 24.1 Å². The van der Waals surface area contributed by atoms with E-state index in [9.17, 15) is 4.79 Å². The van der Waals surface area contributed by atoms with E-state index < -0.39 is 0 Å². The first-order valence-corrected chi connectivity index (χ1v) is 6.01. The highest BCUT2D eigenvalue weighted by Gasteiger charge is 2.13. The second kappa shape index (κ2) is 5.78. The third-order valence-electron chi connectivity index (χ3n) is 2.56. The van der Waals surface area contributed by atoms with E-state index in [-0.39, 0.29) is 12.7 Å². The fourth-order valence-electron chi connectivity index (χ4n) is 1.64. The molecule has 1 aromatic carbocycles. The van der Waals surface area contributed by atoms with Gasteiger partial charge in [0, 0.05) is 11.5 Å². The van der Waals surface area contributed by atoms with Gasteiger partial charge in [0.2, 0.25) is 12.7 Å². The molecule has 0 spiro atoms. The van der Waals surface area contributed by atoms with Crippen LogP contribution in [0.25, 0.3) is 0 Å². The van der Waals surface area contributed by atoms with Crippen LogP contribution in [0.2, 0.25) is 0 Å². The fraction of sp³-hybridized carbons (Fsp3) is 0.308. The molecule has 0 aromatic heterocycles. The van der Waals surface area contributed by atoms with Gasteiger partial charge in [0.1, 0.15) is 0 Å². The minimum absolute atomic E-state index is 0.0468. The normalized spacial score (nSPS) is 12.3. The first-order chi connectivity index (χ1) is 8.65. The SMILES string of the molecule is C=C(Cl)CNC(=O)CCc1ccc2c(c1)OCO2. The molecule has 1 heterocycles. The van der Waals surface area contributed by atoms with Crippen molar-refractivity contribution >= 4 is 17.5 Å². The van der Waals surface area contributed by atoms with Crippen LogP contribution in [-0.2, 0) is 11.2 Å². The van der Waals surface area contributed by atoms with Crippen LogP contribution in [-0.4, -0.2) is 19.2 Å². The largest absolute Gasteiger partial charge is 0.454 e. The lowest BCUT2D eigenvalue weighted by molar-refractivity contribution is -0.120. The van der Waals surface area contributed by atoms with E-state index in [2.05, 4.69) is 11.9 Å². The molecule has 0 fully saturated rings. The maximum atomic E-state index is 11.5. The molecule has 4 nitrogen and oxygen atoms in total. The molecular weight excluding hydrogens is 254 g/mol. The minimum Gasteiger partial charge on any atom is -0.454 e. The molecule has 5 heteroatoms. The molecule has 1 aromatic rings. The third kappa shape index (κ3) is 3.40. The van der Waals surface area contributed by atoms with Crippen LogP contribution in [0.15, 0.2) is 29.8 Å². The predicted molar refractivity (Wildman–Crippen MR) is 68.9 cm³/mol. The number of nitrogens with one attached hydrogen (secondary N) is 1. The maximum absolute atomic E-state index is 11.5. The average Bonchev–Trinajstić information content (AvgIpc) is 2.81. The van der Waals surface area contributed by atoms with E-state index >= 15 is 0 Å². The summed E-state index contributed by atoms with van der Waals surface area (Å²) in [5.74, 6) is 1.44. The first-order valence-electron chi connectivity index (χ1n) is 5.63. The highest BCUT2D eigenvalue weighted by atomic mass is 35.5. The van der Waals surface area contributed by atoms with Crippen molar-refractivity contribution in [1.29, 1.82) is 0 Å². The van der Waals surface area contributed by atoms with Crippen molar-refractivity contribution in [3.8, 4) is 11.5 Å². The molecule has 1 amide bonds. The number of fused-ring (bicyclic) bond motifs is 1. The van der Waals surface area contributed by atoms with Gasteiger partial charge in [-0.3, -0.25) is 4.79 Å². The van der Waals surface area contributed by atoms with Gasteiger partial charge in [-0.1, -0.05) is 24.2 Å². The van der Waals surface area contributed by atoms with Gasteiger partial charge in [-0.25, -0.2) is 0 Å². The molecule has 0 atom stereocenters. The molecule has 0 bridgehead atoms. The molecule has 0 radical (unpaired) electrons. The number of carbonyl (C=O) groups excluding carboxylic acids is 1. The zero-order valence-corrected chi connectivity index (χ0v) is 10.6. The summed E-state index contributed by atoms with van der Waals surface area (Å²) in [5.41, 5.74) is 1.04. The van der Waals surface area contributed by atoms with E-state index in [0.717, 1.165) is 17.1 Å². The summed E-state index contributed by atoms with van der Waals surface area (Å²) in [4.78, 5) is 11.5. The summed E-state index contributed by atoms with van der Waals surface area (Å²) in [6.45, 7) is 4.07. The van der Waals surface area contributed by atoms with Crippen molar-refractivity contribution in [2.45, 2.75) is 12.8 Å². The highest BCUT2D eigenvalue weighted by Crippen LogP contribution is 2.32. The molecule has 2 rings (SSSR count). The molecule has 0 aliphatic carbocycles. The van der Waals surface area contributed by atoms with E-state index in [1.54, 1.807) is 0 Å². The predicted octanol–water partition coefficient (Wildman–Crippen LogP) is 2.22. The lowest BCUT2D eigenvalue weighted by atomic mass is 10.1. The van der Waals surface area contributed by atoms with Crippen LogP contribution in [0.4, 0.5) is 0 Å². The second-order valence-corrected chi connectivity index (χ2v) is 4.52. The lowest BCUT2D eigenvalue weighted by Crippen LogP contribution is -2.24. The number of aryl methyl sites for hydroxylation is 1. The molecule has 18 heavy (non-hydrogen) atoms. The summed E-state index contributed by atoms with van der Waals surface area (Å²) < 4.78 is 10.5. The van der Waals surface area contributed by atoms with Gasteiger partial charge in [-0.2, -0.15) is 0 Å². The molecular formula is C13H14ClNO3. The Balaban J connectivity index is 1.83. The number of hydrogen-bond acceptors (Lipinski definition) is 3. The molecule has 0 saturated carbocycles. The Morgan fingerprint density at radius 2 is 2.17 bits per heavy atom. The van der Waals surface area contributed by atoms with Gasteiger partial charge in [0.25, 0.3) is 0 Å². The monoisotopic (exact) mass is 267 g/mol. The lowest BCUT2D eigenvalue weighted by Gasteiger charge is -2.05. The van der Waals surface area contributed by atoms with Crippen molar-refractivity contribution in [3.05, 3.63) is 35.4 Å². The molecule has 0 unspecified atom stereocenters. The molecule has 96 valence electrons. The van der Waals surface area contributed by atoms with Crippen LogP contribution in [0.1, 0.15) is 12.0 Å². The second-order valence-electron chi connectivity index (χ2n) is 3.98. The summed E-state index contributed by atoms with van der Waals surface area (Å²) in [6, 6.07) is 5.69. The Bertz CT molecular complexity index is 473. The fourth-order valence-corrected chi connectivity index (χ4v) is 1.70. The van der Waals surface area contributed by atoms with E-state index in [4.69, 9.17) is 21.1 Å². The zero-order valence-electron chi connectivity index (χ0n) is 9.87. The van der Waals surface area contributed by atoms with E-state index in [1.165, 1.54) is 0 Å². The van der Waals surface area contributed by atoms with Crippen molar-refractivity contribution < 1.29 is 14.3 Å². The van der Waals surface area contributed by atoms with Gasteiger partial charge >= 0.3 is 0 Å². The Kier molecular flexibility index (Phi) is 4.10. The smallest absolute Gasteiger partial charge is 0.231 e. The quantitative estimate of drug-likeness (QED) is 0.890. The number of rotatable bonds is 5. The zero-order chi connectivity index (χ0) is 13.0. The Morgan fingerprint density at radius 3 is 2.94 bits per heavy atom. The van der Waals surface area contributed by atoms with Crippen molar-refractivity contribution in [3.63, 3.8) is 0 Å². The number of halogens is 1. The highest BCUT2D eigenvalue weighted by molar-refractivity contribution is 6.29. The number of ether oxygens (including phenoxy) is 2.